The first kappa shape index (κ1) is 22.9. The fourth-order valence-electron chi connectivity index (χ4n) is 5.61. The number of hydrogen-bond donors (Lipinski definition) is 1. The molecular weight excluding hydrogens is 467 g/mol. The van der Waals surface area contributed by atoms with E-state index in [4.69, 9.17) is 9.47 Å². The van der Waals surface area contributed by atoms with E-state index in [0.29, 0.717) is 42.5 Å². The third-order valence-corrected chi connectivity index (χ3v) is 7.52. The Labute approximate surface area is 207 Å². The van der Waals surface area contributed by atoms with Crippen LogP contribution in [0.1, 0.15) is 58.8 Å². The lowest BCUT2D eigenvalue weighted by Gasteiger charge is -2.32. The summed E-state index contributed by atoms with van der Waals surface area (Å²) >= 11 is 0. The molecule has 2 aromatic rings. The molecule has 4 aliphatic rings. The Morgan fingerprint density at radius 3 is 2.67 bits per heavy atom. The maximum Gasteiger partial charge on any atom is 0.257 e. The minimum absolute atomic E-state index is 0.0551. The number of benzene rings is 1. The zero-order valence-electron chi connectivity index (χ0n) is 19.8. The number of aromatic nitrogens is 1. The number of piperidine rings is 2. The van der Waals surface area contributed by atoms with E-state index in [1.807, 2.05) is 12.1 Å². The van der Waals surface area contributed by atoms with E-state index in [1.165, 1.54) is 11.0 Å². The van der Waals surface area contributed by atoms with Gasteiger partial charge in [0.2, 0.25) is 11.8 Å². The van der Waals surface area contributed by atoms with Crippen LogP contribution in [0.5, 0.6) is 11.6 Å². The number of halogens is 1. The Bertz CT molecular complexity index is 1240. The summed E-state index contributed by atoms with van der Waals surface area (Å²) < 4.78 is 26.3. The highest BCUT2D eigenvalue weighted by atomic mass is 19.1. The molecule has 1 aromatic carbocycles. The second-order valence-electron chi connectivity index (χ2n) is 9.78. The van der Waals surface area contributed by atoms with Crippen LogP contribution in [0, 0.1) is 5.82 Å². The summed E-state index contributed by atoms with van der Waals surface area (Å²) in [6.45, 7) is 3.58. The minimum atomic E-state index is -0.702. The molecule has 10 heteroatoms. The normalized spacial score (nSPS) is 22.5. The maximum absolute atomic E-state index is 15.2. The number of pyridine rings is 1. The van der Waals surface area contributed by atoms with Gasteiger partial charge in [0, 0.05) is 25.1 Å². The molecule has 3 amide bonds. The van der Waals surface area contributed by atoms with Gasteiger partial charge < -0.3 is 14.4 Å². The van der Waals surface area contributed by atoms with Gasteiger partial charge >= 0.3 is 0 Å². The maximum atomic E-state index is 15.2. The molecule has 0 saturated carbocycles. The largest absolute Gasteiger partial charge is 0.484 e. The van der Waals surface area contributed by atoms with Crippen LogP contribution in [-0.4, -0.2) is 64.9 Å². The summed E-state index contributed by atoms with van der Waals surface area (Å²) in [6, 6.07) is 6.27. The SMILES string of the molecule is O=C1CCC(N2Cc3cc(C4CCN(Cc5ccc6c(n5)OCCO6)CC4)c(F)cc3C2=O)C(=O)N1. The molecule has 1 aromatic heterocycles. The van der Waals surface area contributed by atoms with Gasteiger partial charge in [-0.05, 0) is 67.6 Å². The second-order valence-corrected chi connectivity index (χ2v) is 9.78. The van der Waals surface area contributed by atoms with Crippen LogP contribution in [-0.2, 0) is 22.7 Å². The fourth-order valence-corrected chi connectivity index (χ4v) is 5.61. The van der Waals surface area contributed by atoms with E-state index < -0.39 is 11.9 Å². The number of carbonyl (C=O) groups excluding carboxylic acids is 3. The van der Waals surface area contributed by atoms with Crippen LogP contribution in [0.3, 0.4) is 0 Å². The minimum Gasteiger partial charge on any atom is -0.484 e. The highest BCUT2D eigenvalue weighted by Crippen LogP contribution is 2.36. The number of likely N-dealkylation sites (tertiary alicyclic amines) is 1. The molecule has 5 heterocycles. The van der Waals surface area contributed by atoms with Gasteiger partial charge in [-0.1, -0.05) is 6.07 Å². The molecule has 1 unspecified atom stereocenters. The number of hydrogen-bond acceptors (Lipinski definition) is 7. The number of rotatable bonds is 4. The lowest BCUT2D eigenvalue weighted by atomic mass is 9.87. The molecule has 1 atom stereocenters. The summed E-state index contributed by atoms with van der Waals surface area (Å²) in [5.41, 5.74) is 2.59. The number of nitrogens with zero attached hydrogens (tertiary/aromatic N) is 3. The molecule has 0 bridgehead atoms. The van der Waals surface area contributed by atoms with Gasteiger partial charge in [0.1, 0.15) is 25.1 Å². The van der Waals surface area contributed by atoms with Crippen molar-refractivity contribution in [2.75, 3.05) is 26.3 Å². The van der Waals surface area contributed by atoms with Gasteiger partial charge in [0.15, 0.2) is 5.75 Å². The van der Waals surface area contributed by atoms with Crippen molar-refractivity contribution < 1.29 is 28.2 Å². The smallest absolute Gasteiger partial charge is 0.257 e. The van der Waals surface area contributed by atoms with E-state index in [2.05, 4.69) is 15.2 Å². The lowest BCUT2D eigenvalue weighted by molar-refractivity contribution is -0.136. The van der Waals surface area contributed by atoms with Crippen molar-refractivity contribution in [2.45, 2.75) is 50.7 Å². The van der Waals surface area contributed by atoms with Crippen molar-refractivity contribution in [3.63, 3.8) is 0 Å². The molecule has 2 saturated heterocycles. The number of fused-ring (bicyclic) bond motifs is 2. The van der Waals surface area contributed by atoms with Gasteiger partial charge in [-0.25, -0.2) is 9.37 Å². The van der Waals surface area contributed by atoms with Gasteiger partial charge in [-0.3, -0.25) is 24.6 Å². The molecule has 4 aliphatic heterocycles. The van der Waals surface area contributed by atoms with Crippen molar-refractivity contribution >= 4 is 17.7 Å². The van der Waals surface area contributed by atoms with E-state index in [9.17, 15) is 14.4 Å². The van der Waals surface area contributed by atoms with E-state index in [-0.39, 0.29) is 42.9 Å². The van der Waals surface area contributed by atoms with Gasteiger partial charge in [-0.2, -0.15) is 0 Å². The molecule has 0 radical (unpaired) electrons. The van der Waals surface area contributed by atoms with Crippen molar-refractivity contribution in [1.82, 2.24) is 20.1 Å². The molecule has 1 N–H and O–H groups in total. The number of ether oxygens (including phenoxy) is 2. The first-order valence-corrected chi connectivity index (χ1v) is 12.4. The summed E-state index contributed by atoms with van der Waals surface area (Å²) in [6.07, 6.45) is 2.07. The van der Waals surface area contributed by atoms with Crippen LogP contribution < -0.4 is 14.8 Å². The Kier molecular flexibility index (Phi) is 5.83. The monoisotopic (exact) mass is 494 g/mol. The Morgan fingerprint density at radius 2 is 1.86 bits per heavy atom. The molecule has 9 nitrogen and oxygen atoms in total. The number of nitrogens with one attached hydrogen (secondary N) is 1. The average Bonchev–Trinajstić information content (AvgIpc) is 3.19. The van der Waals surface area contributed by atoms with Crippen LogP contribution in [0.15, 0.2) is 24.3 Å². The summed E-state index contributed by atoms with van der Waals surface area (Å²) in [5.74, 6) is -0.261. The first-order valence-electron chi connectivity index (χ1n) is 12.4. The molecule has 36 heavy (non-hydrogen) atoms. The number of amides is 3. The fraction of sp³-hybridized carbons (Fsp3) is 0.462. The zero-order chi connectivity index (χ0) is 24.8. The highest BCUT2D eigenvalue weighted by molar-refractivity contribution is 6.05. The predicted octanol–water partition coefficient (Wildman–Crippen LogP) is 2.13. The topological polar surface area (TPSA) is 101 Å². The lowest BCUT2D eigenvalue weighted by Crippen LogP contribution is -2.52. The van der Waals surface area contributed by atoms with E-state index in [1.54, 1.807) is 6.07 Å². The Morgan fingerprint density at radius 1 is 1.06 bits per heavy atom. The summed E-state index contributed by atoms with van der Waals surface area (Å²) in [7, 11) is 0. The summed E-state index contributed by atoms with van der Waals surface area (Å²) in [4.78, 5) is 45.0. The van der Waals surface area contributed by atoms with Crippen LogP contribution >= 0.6 is 0 Å². The summed E-state index contributed by atoms with van der Waals surface area (Å²) in [5, 5.41) is 2.30. The predicted molar refractivity (Wildman–Crippen MR) is 125 cm³/mol. The van der Waals surface area contributed by atoms with Crippen molar-refractivity contribution in [2.24, 2.45) is 0 Å². The molecule has 2 fully saturated rings. The quantitative estimate of drug-likeness (QED) is 0.650. The van der Waals surface area contributed by atoms with Crippen molar-refractivity contribution in [1.29, 1.82) is 0 Å². The number of carbonyl (C=O) groups is 3. The van der Waals surface area contributed by atoms with Crippen LogP contribution in [0.2, 0.25) is 0 Å². The third-order valence-electron chi connectivity index (χ3n) is 7.52. The molecule has 0 aliphatic carbocycles. The third kappa shape index (κ3) is 4.19. The second kappa shape index (κ2) is 9.16. The standard InChI is InChI=1S/C26H27FN4O5/c27-20-12-19-16(13-31(26(19)34)21-2-4-23(32)29-24(21)33)11-18(20)15-5-7-30(8-6-15)14-17-1-3-22-25(28-17)36-10-9-35-22/h1,3,11-12,15,21H,2,4-10,13-14H2,(H,29,32,33). The Balaban J connectivity index is 1.11. The number of imide groups is 1. The van der Waals surface area contributed by atoms with Crippen LogP contribution in [0.4, 0.5) is 4.39 Å². The molecular formula is C26H27FN4O5. The van der Waals surface area contributed by atoms with Crippen LogP contribution in [0.25, 0.3) is 0 Å². The highest BCUT2D eigenvalue weighted by Gasteiger charge is 2.40. The average molecular weight is 495 g/mol. The van der Waals surface area contributed by atoms with Gasteiger partial charge in [-0.15, -0.1) is 0 Å². The van der Waals surface area contributed by atoms with E-state index in [0.717, 1.165) is 37.2 Å². The van der Waals surface area contributed by atoms with Crippen molar-refractivity contribution in [3.8, 4) is 11.6 Å². The molecule has 188 valence electrons. The zero-order valence-corrected chi connectivity index (χ0v) is 19.8. The van der Waals surface area contributed by atoms with Gasteiger partial charge in [0.25, 0.3) is 11.8 Å². The van der Waals surface area contributed by atoms with Crippen molar-refractivity contribution in [3.05, 3.63) is 52.5 Å². The van der Waals surface area contributed by atoms with E-state index >= 15 is 4.39 Å². The molecule has 6 rings (SSSR count). The Hall–Kier alpha value is -3.53. The molecule has 0 spiro atoms. The first-order chi connectivity index (χ1) is 17.5. The van der Waals surface area contributed by atoms with Gasteiger partial charge in [0.05, 0.1) is 5.69 Å².